The van der Waals surface area contributed by atoms with Crippen LogP contribution in [0, 0.1) is 0 Å². The fourth-order valence-electron chi connectivity index (χ4n) is 2.77. The van der Waals surface area contributed by atoms with Crippen molar-refractivity contribution in [3.63, 3.8) is 0 Å². The van der Waals surface area contributed by atoms with Crippen molar-refractivity contribution in [2.75, 3.05) is 13.2 Å². The van der Waals surface area contributed by atoms with Crippen molar-refractivity contribution in [3.8, 4) is 0 Å². The zero-order valence-electron chi connectivity index (χ0n) is 14.7. The molecule has 0 heterocycles. The van der Waals surface area contributed by atoms with E-state index in [0.717, 1.165) is 29.5 Å². The molecular weight excluding hydrogens is 367 g/mol. The van der Waals surface area contributed by atoms with E-state index in [4.69, 9.17) is 28.3 Å². The molecule has 0 aliphatic rings. The number of benzene rings is 2. The molecule has 0 aliphatic heterocycles. The number of halogens is 2. The number of aliphatic hydroxyl groups is 2. The van der Waals surface area contributed by atoms with Gasteiger partial charge in [0, 0.05) is 23.3 Å². The smallest absolute Gasteiger partial charge is 0.0468 e. The van der Waals surface area contributed by atoms with Crippen molar-refractivity contribution in [3.05, 3.63) is 93.0 Å². The summed E-state index contributed by atoms with van der Waals surface area (Å²) in [6.07, 6.45) is 6.76. The first-order valence-electron chi connectivity index (χ1n) is 8.70. The maximum absolute atomic E-state index is 9.54. The fourth-order valence-corrected chi connectivity index (χ4v) is 3.02. The molecule has 0 saturated carbocycles. The van der Waals surface area contributed by atoms with E-state index >= 15 is 0 Å². The highest BCUT2D eigenvalue weighted by molar-refractivity contribution is 6.30. The number of allylic oxidation sites excluding steroid dienone is 2. The number of aliphatic hydroxyl groups excluding tert-OH is 2. The molecule has 0 aromatic heterocycles. The van der Waals surface area contributed by atoms with Crippen molar-refractivity contribution in [2.24, 2.45) is 0 Å². The van der Waals surface area contributed by atoms with Gasteiger partial charge in [-0.15, -0.1) is 0 Å². The molecule has 26 heavy (non-hydrogen) atoms. The minimum atomic E-state index is 0.0981. The summed E-state index contributed by atoms with van der Waals surface area (Å²) in [5.74, 6) is 0. The summed E-state index contributed by atoms with van der Waals surface area (Å²) in [7, 11) is 0. The maximum Gasteiger partial charge on any atom is 0.0468 e. The predicted molar refractivity (Wildman–Crippen MR) is 110 cm³/mol. The molecule has 0 fully saturated rings. The SMILES string of the molecule is OCC/C=C/C(Cc1ccc(Cl)cc1)=C(/CCO)Cc1ccc(Cl)cc1. The first-order valence-corrected chi connectivity index (χ1v) is 9.46. The summed E-state index contributed by atoms with van der Waals surface area (Å²) in [5, 5.41) is 20.0. The van der Waals surface area contributed by atoms with Crippen molar-refractivity contribution in [1.82, 2.24) is 0 Å². The second kappa shape index (κ2) is 11.2. The number of rotatable bonds is 9. The Kier molecular flexibility index (Phi) is 8.93. The summed E-state index contributed by atoms with van der Waals surface area (Å²) in [4.78, 5) is 0. The van der Waals surface area contributed by atoms with E-state index in [-0.39, 0.29) is 13.2 Å². The Bertz CT molecular complexity index is 732. The van der Waals surface area contributed by atoms with Crippen LogP contribution in [0.5, 0.6) is 0 Å². The van der Waals surface area contributed by atoms with Crippen LogP contribution in [-0.4, -0.2) is 23.4 Å². The molecule has 2 rings (SSSR count). The average Bonchev–Trinajstić information content (AvgIpc) is 2.64. The molecule has 0 amide bonds. The molecule has 2 N–H and O–H groups in total. The molecule has 4 heteroatoms. The van der Waals surface area contributed by atoms with Crippen molar-refractivity contribution >= 4 is 23.2 Å². The first-order chi connectivity index (χ1) is 12.6. The highest BCUT2D eigenvalue weighted by Gasteiger charge is 2.08. The van der Waals surface area contributed by atoms with Crippen LogP contribution in [0.3, 0.4) is 0 Å². The van der Waals surface area contributed by atoms with E-state index in [1.807, 2.05) is 54.6 Å². The third-order valence-corrected chi connectivity index (χ3v) is 4.63. The van der Waals surface area contributed by atoms with Crippen LogP contribution in [0.1, 0.15) is 24.0 Å². The van der Waals surface area contributed by atoms with E-state index in [1.165, 1.54) is 5.57 Å². The standard InChI is InChI=1S/C22H24Cl2O2/c23-21-8-4-17(5-9-21)15-19(3-1-2-13-25)20(12-14-26)16-18-6-10-22(24)11-7-18/h1,3-11,25-26H,2,12-16H2/b3-1+,20-19+. The van der Waals surface area contributed by atoms with Crippen LogP contribution in [0.15, 0.2) is 71.8 Å². The lowest BCUT2D eigenvalue weighted by Gasteiger charge is -2.14. The van der Waals surface area contributed by atoms with Crippen LogP contribution in [0.2, 0.25) is 10.0 Å². The van der Waals surface area contributed by atoms with E-state index in [0.29, 0.717) is 22.9 Å². The predicted octanol–water partition coefficient (Wildman–Crippen LogP) is 5.40. The quantitative estimate of drug-likeness (QED) is 0.562. The molecular formula is C22H24Cl2O2. The van der Waals surface area contributed by atoms with Crippen LogP contribution < -0.4 is 0 Å². The largest absolute Gasteiger partial charge is 0.396 e. The fraction of sp³-hybridized carbons (Fsp3) is 0.273. The molecule has 0 aliphatic carbocycles. The third kappa shape index (κ3) is 6.97. The number of hydrogen-bond donors (Lipinski definition) is 2. The minimum Gasteiger partial charge on any atom is -0.396 e. The Morgan fingerprint density at radius 1 is 0.769 bits per heavy atom. The maximum atomic E-state index is 9.54. The molecule has 138 valence electrons. The number of hydrogen-bond acceptors (Lipinski definition) is 2. The molecule has 2 aromatic rings. The Hall–Kier alpha value is -1.58. The van der Waals surface area contributed by atoms with E-state index in [9.17, 15) is 5.11 Å². The topological polar surface area (TPSA) is 40.5 Å². The Labute approximate surface area is 165 Å². The first kappa shape index (κ1) is 20.7. The van der Waals surface area contributed by atoms with Gasteiger partial charge in [-0.2, -0.15) is 0 Å². The van der Waals surface area contributed by atoms with Gasteiger partial charge in [0.15, 0.2) is 0 Å². The van der Waals surface area contributed by atoms with E-state index in [2.05, 4.69) is 6.08 Å². The van der Waals surface area contributed by atoms with E-state index in [1.54, 1.807) is 0 Å². The van der Waals surface area contributed by atoms with Gasteiger partial charge in [-0.25, -0.2) is 0 Å². The third-order valence-electron chi connectivity index (χ3n) is 4.12. The molecule has 0 spiro atoms. The van der Waals surface area contributed by atoms with Gasteiger partial charge in [0.2, 0.25) is 0 Å². The van der Waals surface area contributed by atoms with Crippen molar-refractivity contribution < 1.29 is 10.2 Å². The van der Waals surface area contributed by atoms with Crippen molar-refractivity contribution in [2.45, 2.75) is 25.7 Å². The van der Waals surface area contributed by atoms with Gasteiger partial charge in [0.25, 0.3) is 0 Å². The zero-order chi connectivity index (χ0) is 18.8. The lowest BCUT2D eigenvalue weighted by molar-refractivity contribution is 0.298. The monoisotopic (exact) mass is 390 g/mol. The van der Waals surface area contributed by atoms with Gasteiger partial charge >= 0.3 is 0 Å². The van der Waals surface area contributed by atoms with Gasteiger partial charge in [0.05, 0.1) is 0 Å². The van der Waals surface area contributed by atoms with Gasteiger partial charge < -0.3 is 10.2 Å². The second-order valence-corrected chi connectivity index (χ2v) is 7.00. The average molecular weight is 391 g/mol. The lowest BCUT2D eigenvalue weighted by Crippen LogP contribution is -2.01. The van der Waals surface area contributed by atoms with Gasteiger partial charge in [0.1, 0.15) is 0 Å². The van der Waals surface area contributed by atoms with Gasteiger partial charge in [-0.05, 0) is 66.6 Å². The van der Waals surface area contributed by atoms with Crippen LogP contribution in [-0.2, 0) is 12.8 Å². The highest BCUT2D eigenvalue weighted by atomic mass is 35.5. The molecule has 0 atom stereocenters. The molecule has 0 unspecified atom stereocenters. The minimum absolute atomic E-state index is 0.0981. The Balaban J connectivity index is 2.33. The van der Waals surface area contributed by atoms with E-state index < -0.39 is 0 Å². The zero-order valence-corrected chi connectivity index (χ0v) is 16.2. The molecule has 2 nitrogen and oxygen atoms in total. The summed E-state index contributed by atoms with van der Waals surface area (Å²) >= 11 is 12.0. The van der Waals surface area contributed by atoms with Crippen LogP contribution >= 0.6 is 23.2 Å². The summed E-state index contributed by atoms with van der Waals surface area (Å²) in [6, 6.07) is 15.6. The molecule has 2 aromatic carbocycles. The Morgan fingerprint density at radius 3 is 1.81 bits per heavy atom. The molecule has 0 saturated heterocycles. The summed E-state index contributed by atoms with van der Waals surface area (Å²) in [6.45, 7) is 0.220. The highest BCUT2D eigenvalue weighted by Crippen LogP contribution is 2.22. The molecule has 0 radical (unpaired) electrons. The second-order valence-electron chi connectivity index (χ2n) is 6.12. The Morgan fingerprint density at radius 2 is 1.31 bits per heavy atom. The summed E-state index contributed by atoms with van der Waals surface area (Å²) < 4.78 is 0. The molecule has 0 bridgehead atoms. The lowest BCUT2D eigenvalue weighted by atomic mass is 9.93. The van der Waals surface area contributed by atoms with Gasteiger partial charge in [-0.3, -0.25) is 0 Å². The van der Waals surface area contributed by atoms with Crippen molar-refractivity contribution in [1.29, 1.82) is 0 Å². The van der Waals surface area contributed by atoms with Crippen LogP contribution in [0.4, 0.5) is 0 Å². The van der Waals surface area contributed by atoms with Crippen LogP contribution in [0.25, 0.3) is 0 Å². The normalized spacial score (nSPS) is 12.5. The van der Waals surface area contributed by atoms with Gasteiger partial charge in [-0.1, -0.05) is 65.2 Å². The summed E-state index contributed by atoms with van der Waals surface area (Å²) in [5.41, 5.74) is 4.65.